The molecule has 0 saturated heterocycles. The van der Waals surface area contributed by atoms with E-state index >= 15 is 0 Å². The van der Waals surface area contributed by atoms with Crippen molar-refractivity contribution >= 4 is 22.6 Å². The maximum absolute atomic E-state index is 14.2. The molecule has 34 heavy (non-hydrogen) atoms. The number of aromatic nitrogens is 1. The summed E-state index contributed by atoms with van der Waals surface area (Å²) in [5, 5.41) is 3.47. The third-order valence-electron chi connectivity index (χ3n) is 5.65. The first-order chi connectivity index (χ1) is 16.5. The molecule has 0 aliphatic carbocycles. The van der Waals surface area contributed by atoms with Crippen LogP contribution in [0.3, 0.4) is 0 Å². The molecule has 172 valence electrons. The smallest absolute Gasteiger partial charge is 0.322 e. The van der Waals surface area contributed by atoms with Gasteiger partial charge in [0.1, 0.15) is 5.82 Å². The number of rotatable bonds is 5. The lowest BCUT2D eigenvalue weighted by Gasteiger charge is -2.23. The van der Waals surface area contributed by atoms with E-state index in [1.165, 1.54) is 17.0 Å². The summed E-state index contributed by atoms with van der Waals surface area (Å²) in [6.07, 6.45) is 0. The Morgan fingerprint density at radius 3 is 2.71 bits per heavy atom. The molecule has 1 aliphatic heterocycles. The van der Waals surface area contributed by atoms with Gasteiger partial charge in [-0.05, 0) is 59.8 Å². The van der Waals surface area contributed by atoms with E-state index in [-0.39, 0.29) is 31.1 Å². The fourth-order valence-electron chi connectivity index (χ4n) is 3.90. The number of pyridine rings is 1. The Morgan fingerprint density at radius 1 is 1.03 bits per heavy atom. The molecule has 0 unspecified atom stereocenters. The van der Waals surface area contributed by atoms with E-state index in [0.717, 1.165) is 22.0 Å². The molecule has 2 amide bonds. The summed E-state index contributed by atoms with van der Waals surface area (Å²) in [7, 11) is 0. The third-order valence-corrected chi connectivity index (χ3v) is 5.65. The summed E-state index contributed by atoms with van der Waals surface area (Å²) in [6.45, 7) is 2.28. The van der Waals surface area contributed by atoms with Crippen LogP contribution in [0.2, 0.25) is 0 Å². The summed E-state index contributed by atoms with van der Waals surface area (Å²) in [5.41, 5.74) is 2.73. The van der Waals surface area contributed by atoms with Crippen LogP contribution in [0.5, 0.6) is 11.5 Å². The topological polar surface area (TPSA) is 83.7 Å². The van der Waals surface area contributed by atoms with Crippen LogP contribution in [0.4, 0.5) is 14.9 Å². The summed E-state index contributed by atoms with van der Waals surface area (Å²) in [6, 6.07) is 18.3. The van der Waals surface area contributed by atoms with Crippen molar-refractivity contribution in [2.24, 2.45) is 0 Å². The fraction of sp³-hybridized carbons (Fsp3) is 0.154. The highest BCUT2D eigenvalue weighted by Gasteiger charge is 2.20. The van der Waals surface area contributed by atoms with E-state index in [2.05, 4.69) is 10.3 Å². The molecule has 2 N–H and O–H groups in total. The highest BCUT2D eigenvalue weighted by atomic mass is 19.1. The van der Waals surface area contributed by atoms with Gasteiger partial charge in [0, 0.05) is 17.6 Å². The molecule has 0 spiro atoms. The molecule has 0 fully saturated rings. The van der Waals surface area contributed by atoms with E-state index in [4.69, 9.17) is 9.47 Å². The molecule has 5 rings (SSSR count). The predicted octanol–water partition coefficient (Wildman–Crippen LogP) is 4.94. The number of carbonyl (C=O) groups excluding carboxylic acids is 1. The number of benzene rings is 3. The SMILES string of the molecule is Cc1ccc2cc(CN(Cc3ccc4c(c3)OCO4)C(=O)Nc3ccccc3F)c(=O)[nH]c2c1. The lowest BCUT2D eigenvalue weighted by atomic mass is 10.1. The van der Waals surface area contributed by atoms with Gasteiger partial charge in [-0.15, -0.1) is 0 Å². The van der Waals surface area contributed by atoms with Gasteiger partial charge in [0.15, 0.2) is 11.5 Å². The van der Waals surface area contributed by atoms with E-state index < -0.39 is 11.8 Å². The number of hydrogen-bond donors (Lipinski definition) is 2. The number of aryl methyl sites for hydroxylation is 1. The van der Waals surface area contributed by atoms with Crippen molar-refractivity contribution in [2.45, 2.75) is 20.0 Å². The van der Waals surface area contributed by atoms with Crippen molar-refractivity contribution in [3.8, 4) is 11.5 Å². The molecule has 3 aromatic carbocycles. The van der Waals surface area contributed by atoms with Crippen LogP contribution in [-0.2, 0) is 13.1 Å². The Morgan fingerprint density at radius 2 is 1.85 bits per heavy atom. The molecule has 4 aromatic rings. The number of H-pyrrole nitrogens is 1. The standard InChI is InChI=1S/C26H22FN3O4/c1-16-6-8-18-12-19(25(31)28-22(18)10-16)14-30(26(32)29-21-5-3-2-4-20(21)27)13-17-7-9-23-24(11-17)34-15-33-23/h2-12H,13-15H2,1H3,(H,28,31)(H,29,32). The molecule has 2 heterocycles. The summed E-state index contributed by atoms with van der Waals surface area (Å²) < 4.78 is 25.0. The van der Waals surface area contributed by atoms with Gasteiger partial charge >= 0.3 is 6.03 Å². The zero-order chi connectivity index (χ0) is 23.7. The van der Waals surface area contributed by atoms with Gasteiger partial charge in [0.2, 0.25) is 6.79 Å². The minimum absolute atomic E-state index is 0.0217. The van der Waals surface area contributed by atoms with Gasteiger partial charge < -0.3 is 24.7 Å². The number of anilines is 1. The number of carbonyl (C=O) groups is 1. The Kier molecular flexibility index (Phi) is 5.63. The minimum Gasteiger partial charge on any atom is -0.454 e. The summed E-state index contributed by atoms with van der Waals surface area (Å²) in [5.74, 6) is 0.677. The monoisotopic (exact) mass is 459 g/mol. The molecule has 0 atom stereocenters. The van der Waals surface area contributed by atoms with Crippen LogP contribution >= 0.6 is 0 Å². The molecule has 7 nitrogen and oxygen atoms in total. The number of nitrogens with zero attached hydrogens (tertiary/aromatic N) is 1. The van der Waals surface area contributed by atoms with Crippen molar-refractivity contribution < 1.29 is 18.7 Å². The van der Waals surface area contributed by atoms with Crippen molar-refractivity contribution in [2.75, 3.05) is 12.1 Å². The molecule has 0 radical (unpaired) electrons. The van der Waals surface area contributed by atoms with Gasteiger partial charge in [-0.25, -0.2) is 9.18 Å². The lowest BCUT2D eigenvalue weighted by Crippen LogP contribution is -2.36. The molecular formula is C26H22FN3O4. The molecule has 0 bridgehead atoms. The fourth-order valence-corrected chi connectivity index (χ4v) is 3.90. The van der Waals surface area contributed by atoms with Crippen molar-refractivity contribution in [3.63, 3.8) is 0 Å². The van der Waals surface area contributed by atoms with Crippen molar-refractivity contribution in [1.82, 2.24) is 9.88 Å². The predicted molar refractivity (Wildman–Crippen MR) is 127 cm³/mol. The number of nitrogens with one attached hydrogen (secondary N) is 2. The number of fused-ring (bicyclic) bond motifs is 2. The number of urea groups is 1. The highest BCUT2D eigenvalue weighted by Crippen LogP contribution is 2.33. The Hall–Kier alpha value is -4.33. The zero-order valence-electron chi connectivity index (χ0n) is 18.4. The largest absolute Gasteiger partial charge is 0.454 e. The van der Waals surface area contributed by atoms with E-state index in [0.29, 0.717) is 17.1 Å². The van der Waals surface area contributed by atoms with E-state index in [9.17, 15) is 14.0 Å². The van der Waals surface area contributed by atoms with E-state index in [1.54, 1.807) is 30.3 Å². The van der Waals surface area contributed by atoms with Crippen LogP contribution in [0.15, 0.2) is 71.5 Å². The quantitative estimate of drug-likeness (QED) is 0.443. The summed E-state index contributed by atoms with van der Waals surface area (Å²) >= 11 is 0. The highest BCUT2D eigenvalue weighted by molar-refractivity contribution is 5.89. The average Bonchev–Trinajstić information content (AvgIpc) is 3.28. The second kappa shape index (κ2) is 8.90. The number of aromatic amines is 1. The second-order valence-corrected chi connectivity index (χ2v) is 8.17. The maximum atomic E-state index is 14.2. The second-order valence-electron chi connectivity index (χ2n) is 8.17. The number of hydrogen-bond acceptors (Lipinski definition) is 4. The number of para-hydroxylation sites is 1. The first kappa shape index (κ1) is 21.5. The lowest BCUT2D eigenvalue weighted by molar-refractivity contribution is 0.174. The Bertz CT molecular complexity index is 1450. The Labute approximate surface area is 194 Å². The number of ether oxygens (including phenoxy) is 2. The van der Waals surface area contributed by atoms with Gasteiger partial charge in [0.05, 0.1) is 12.2 Å². The van der Waals surface area contributed by atoms with Crippen LogP contribution in [0.1, 0.15) is 16.7 Å². The number of amides is 2. The van der Waals surface area contributed by atoms with Crippen molar-refractivity contribution in [3.05, 3.63) is 99.6 Å². The molecule has 0 saturated carbocycles. The van der Waals surface area contributed by atoms with Gasteiger partial charge in [-0.3, -0.25) is 4.79 Å². The first-order valence-corrected chi connectivity index (χ1v) is 10.8. The van der Waals surface area contributed by atoms with Gasteiger partial charge in [-0.2, -0.15) is 0 Å². The minimum atomic E-state index is -0.544. The van der Waals surface area contributed by atoms with Crippen LogP contribution in [0.25, 0.3) is 10.9 Å². The third kappa shape index (κ3) is 4.43. The molecular weight excluding hydrogens is 437 g/mol. The zero-order valence-corrected chi connectivity index (χ0v) is 18.4. The molecule has 8 heteroatoms. The van der Waals surface area contributed by atoms with Crippen LogP contribution in [-0.4, -0.2) is 22.7 Å². The molecule has 1 aliphatic rings. The number of halogens is 1. The van der Waals surface area contributed by atoms with Crippen LogP contribution < -0.4 is 20.3 Å². The summed E-state index contributed by atoms with van der Waals surface area (Å²) in [4.78, 5) is 30.4. The van der Waals surface area contributed by atoms with Crippen LogP contribution in [0, 0.1) is 12.7 Å². The average molecular weight is 459 g/mol. The maximum Gasteiger partial charge on any atom is 0.322 e. The Balaban J connectivity index is 1.47. The van der Waals surface area contributed by atoms with E-state index in [1.807, 2.05) is 31.2 Å². The normalized spacial score (nSPS) is 12.1. The van der Waals surface area contributed by atoms with Crippen molar-refractivity contribution in [1.29, 1.82) is 0 Å². The van der Waals surface area contributed by atoms with Gasteiger partial charge in [0.25, 0.3) is 5.56 Å². The van der Waals surface area contributed by atoms with Gasteiger partial charge in [-0.1, -0.05) is 30.3 Å². The molecule has 1 aromatic heterocycles. The first-order valence-electron chi connectivity index (χ1n) is 10.8.